The van der Waals surface area contributed by atoms with E-state index in [0.29, 0.717) is 4.90 Å². The molecule has 5 aromatic rings. The monoisotopic (exact) mass is 389 g/mol. The molecule has 0 spiro atoms. The Balaban J connectivity index is 1.68. The van der Waals surface area contributed by atoms with Crippen LogP contribution in [0.4, 0.5) is 4.39 Å². The van der Waals surface area contributed by atoms with Gasteiger partial charge in [0.1, 0.15) is 22.5 Å². The van der Waals surface area contributed by atoms with Crippen molar-refractivity contribution in [3.63, 3.8) is 0 Å². The Labute approximate surface area is 162 Å². The van der Waals surface area contributed by atoms with E-state index in [1.165, 1.54) is 29.2 Å². The lowest BCUT2D eigenvalue weighted by molar-refractivity contribution is 0.602. The lowest BCUT2D eigenvalue weighted by Crippen LogP contribution is -1.91. The van der Waals surface area contributed by atoms with Crippen molar-refractivity contribution in [2.24, 2.45) is 0 Å². The first-order valence-electron chi connectivity index (χ1n) is 8.09. The first-order valence-corrected chi connectivity index (χ1v) is 9.72. The second kappa shape index (κ2) is 6.68. The third kappa shape index (κ3) is 2.94. The molecule has 0 saturated carbocycles. The number of halogens is 1. The average Bonchev–Trinajstić information content (AvgIpc) is 3.18. The van der Waals surface area contributed by atoms with E-state index in [2.05, 4.69) is 25.4 Å². The highest BCUT2D eigenvalue weighted by Gasteiger charge is 2.13. The SMILES string of the molecule is Fc1ccccc1Sc1ccc2ncnc(-c3ccnc4s[c]nc34)c2c1. The van der Waals surface area contributed by atoms with Crippen LogP contribution in [0.15, 0.2) is 70.8 Å². The molecule has 0 unspecified atom stereocenters. The summed E-state index contributed by atoms with van der Waals surface area (Å²) in [6.07, 6.45) is 3.29. The topological polar surface area (TPSA) is 51.6 Å². The van der Waals surface area contributed by atoms with Gasteiger partial charge in [0.05, 0.1) is 11.2 Å². The van der Waals surface area contributed by atoms with Gasteiger partial charge in [0.2, 0.25) is 0 Å². The Hall–Kier alpha value is -2.90. The summed E-state index contributed by atoms with van der Waals surface area (Å²) in [6, 6.07) is 14.5. The lowest BCUT2D eigenvalue weighted by Gasteiger charge is -2.08. The number of hydrogen-bond donors (Lipinski definition) is 0. The van der Waals surface area contributed by atoms with Crippen LogP contribution in [0.2, 0.25) is 0 Å². The minimum Gasteiger partial charge on any atom is -0.244 e. The molecular formula is C20H10FN4S2. The summed E-state index contributed by atoms with van der Waals surface area (Å²) in [4.78, 5) is 19.8. The summed E-state index contributed by atoms with van der Waals surface area (Å²) in [5.74, 6) is -0.235. The number of nitrogens with zero attached hydrogens (tertiary/aromatic N) is 4. The zero-order chi connectivity index (χ0) is 18.2. The minimum absolute atomic E-state index is 0.235. The molecular weight excluding hydrogens is 379 g/mol. The summed E-state index contributed by atoms with van der Waals surface area (Å²) >= 11 is 2.75. The maximum Gasteiger partial charge on any atom is 0.155 e. The molecule has 0 atom stereocenters. The molecule has 0 aliphatic heterocycles. The van der Waals surface area contributed by atoms with Gasteiger partial charge in [0.15, 0.2) is 5.51 Å². The van der Waals surface area contributed by atoms with E-state index in [4.69, 9.17) is 0 Å². The summed E-state index contributed by atoms with van der Waals surface area (Å²) in [5.41, 5.74) is 6.15. The predicted molar refractivity (Wildman–Crippen MR) is 105 cm³/mol. The Bertz CT molecular complexity index is 1290. The van der Waals surface area contributed by atoms with E-state index < -0.39 is 0 Å². The highest BCUT2D eigenvalue weighted by molar-refractivity contribution is 7.99. The Kier molecular flexibility index (Phi) is 4.03. The molecule has 4 nitrogen and oxygen atoms in total. The van der Waals surface area contributed by atoms with E-state index in [1.54, 1.807) is 24.7 Å². The largest absolute Gasteiger partial charge is 0.244 e. The fourth-order valence-corrected chi connectivity index (χ4v) is 4.36. The minimum atomic E-state index is -0.235. The van der Waals surface area contributed by atoms with Crippen LogP contribution in [-0.2, 0) is 0 Å². The van der Waals surface area contributed by atoms with Crippen LogP contribution in [0.25, 0.3) is 32.5 Å². The Morgan fingerprint density at radius 3 is 2.85 bits per heavy atom. The van der Waals surface area contributed by atoms with E-state index in [1.807, 2.05) is 30.3 Å². The van der Waals surface area contributed by atoms with Gasteiger partial charge in [-0.3, -0.25) is 0 Å². The van der Waals surface area contributed by atoms with Crippen molar-refractivity contribution < 1.29 is 4.39 Å². The lowest BCUT2D eigenvalue weighted by atomic mass is 10.1. The van der Waals surface area contributed by atoms with Gasteiger partial charge in [-0.15, -0.1) is 0 Å². The van der Waals surface area contributed by atoms with Crippen molar-refractivity contribution in [3.8, 4) is 11.3 Å². The van der Waals surface area contributed by atoms with Crippen LogP contribution in [0.1, 0.15) is 0 Å². The third-order valence-corrected chi connectivity index (χ3v) is 5.83. The molecule has 3 aromatic heterocycles. The summed E-state index contributed by atoms with van der Waals surface area (Å²) in [6.45, 7) is 0. The summed E-state index contributed by atoms with van der Waals surface area (Å²) in [7, 11) is 0. The fraction of sp³-hybridized carbons (Fsp3) is 0. The molecule has 0 bridgehead atoms. The molecule has 1 radical (unpaired) electrons. The van der Waals surface area contributed by atoms with Crippen LogP contribution < -0.4 is 0 Å². The maximum atomic E-state index is 14.0. The quantitative estimate of drug-likeness (QED) is 0.414. The van der Waals surface area contributed by atoms with Gasteiger partial charge < -0.3 is 0 Å². The smallest absolute Gasteiger partial charge is 0.155 e. The summed E-state index contributed by atoms with van der Waals surface area (Å²) < 4.78 is 14.0. The van der Waals surface area contributed by atoms with E-state index in [9.17, 15) is 4.39 Å². The average molecular weight is 389 g/mol. The standard InChI is InChI=1S/C20H10FN4S2/c21-15-3-1-2-4-17(15)27-12-5-6-16-14(9-12)18(24-10-23-16)13-7-8-22-20-19(13)25-11-26-20/h1-10H. The zero-order valence-corrected chi connectivity index (χ0v) is 15.4. The Morgan fingerprint density at radius 2 is 1.93 bits per heavy atom. The molecule has 0 fully saturated rings. The number of benzene rings is 2. The van der Waals surface area contributed by atoms with Gasteiger partial charge in [0, 0.05) is 26.9 Å². The second-order valence-electron chi connectivity index (χ2n) is 5.75. The van der Waals surface area contributed by atoms with Crippen molar-refractivity contribution in [1.82, 2.24) is 19.9 Å². The fourth-order valence-electron chi connectivity index (χ4n) is 2.89. The third-order valence-electron chi connectivity index (χ3n) is 4.12. The molecule has 27 heavy (non-hydrogen) atoms. The van der Waals surface area contributed by atoms with Gasteiger partial charge in [0.25, 0.3) is 0 Å². The highest BCUT2D eigenvalue weighted by Crippen LogP contribution is 2.35. The number of thiazole rings is 1. The maximum absolute atomic E-state index is 14.0. The van der Waals surface area contributed by atoms with Crippen molar-refractivity contribution in [3.05, 3.63) is 72.4 Å². The van der Waals surface area contributed by atoms with E-state index in [-0.39, 0.29) is 5.82 Å². The van der Waals surface area contributed by atoms with Gasteiger partial charge in [-0.05, 0) is 36.4 Å². The Morgan fingerprint density at radius 1 is 1.00 bits per heavy atom. The van der Waals surface area contributed by atoms with Crippen LogP contribution in [0.5, 0.6) is 0 Å². The molecule has 2 aromatic carbocycles. The molecule has 0 aliphatic rings. The molecule has 7 heteroatoms. The first-order chi connectivity index (χ1) is 13.3. The van der Waals surface area contributed by atoms with Crippen LogP contribution in [-0.4, -0.2) is 19.9 Å². The zero-order valence-electron chi connectivity index (χ0n) is 13.8. The predicted octanol–water partition coefficient (Wildman–Crippen LogP) is 5.39. The van der Waals surface area contributed by atoms with E-state index >= 15 is 0 Å². The van der Waals surface area contributed by atoms with Gasteiger partial charge in [-0.25, -0.2) is 24.3 Å². The molecule has 0 N–H and O–H groups in total. The molecule has 0 aliphatic carbocycles. The van der Waals surface area contributed by atoms with Gasteiger partial charge >= 0.3 is 0 Å². The van der Waals surface area contributed by atoms with Crippen LogP contribution in [0.3, 0.4) is 0 Å². The van der Waals surface area contributed by atoms with Crippen molar-refractivity contribution in [1.29, 1.82) is 0 Å². The second-order valence-corrected chi connectivity index (χ2v) is 7.64. The summed E-state index contributed by atoms with van der Waals surface area (Å²) in [5, 5.41) is 0.888. The highest BCUT2D eigenvalue weighted by atomic mass is 32.2. The van der Waals surface area contributed by atoms with Crippen molar-refractivity contribution in [2.75, 3.05) is 0 Å². The van der Waals surface area contributed by atoms with Crippen molar-refractivity contribution >= 4 is 44.3 Å². The van der Waals surface area contributed by atoms with Crippen molar-refractivity contribution in [2.45, 2.75) is 9.79 Å². The normalized spacial score (nSPS) is 11.3. The number of pyridine rings is 1. The number of fused-ring (bicyclic) bond motifs is 2. The molecule has 0 saturated heterocycles. The van der Waals surface area contributed by atoms with Crippen LogP contribution in [0, 0.1) is 11.3 Å². The van der Waals surface area contributed by atoms with Gasteiger partial charge in [-0.1, -0.05) is 35.2 Å². The van der Waals surface area contributed by atoms with Crippen LogP contribution >= 0.6 is 23.1 Å². The van der Waals surface area contributed by atoms with Gasteiger partial charge in [-0.2, -0.15) is 0 Å². The number of rotatable bonds is 3. The molecule has 3 heterocycles. The first kappa shape index (κ1) is 16.3. The molecule has 129 valence electrons. The number of aromatic nitrogens is 4. The molecule has 0 amide bonds. The number of hydrogen-bond acceptors (Lipinski definition) is 6. The molecule has 5 rings (SSSR count). The van der Waals surface area contributed by atoms with E-state index in [0.717, 1.165) is 37.4 Å².